The number of benzene rings is 1. The normalized spacial score (nSPS) is 12.2. The molecule has 0 bridgehead atoms. The number of nitrogen functional groups attached to an aromatic ring is 1. The molecule has 0 atom stereocenters. The molecule has 0 saturated heterocycles. The van der Waals surface area contributed by atoms with Crippen molar-refractivity contribution in [2.24, 2.45) is 5.73 Å². The summed E-state index contributed by atoms with van der Waals surface area (Å²) in [5.74, 6) is 0.207. The summed E-state index contributed by atoms with van der Waals surface area (Å²) in [4.78, 5) is 9.34. The molecule has 2 rings (SSSR count). The zero-order valence-corrected chi connectivity index (χ0v) is 12.8. The van der Waals surface area contributed by atoms with Crippen LogP contribution in [-0.4, -0.2) is 16.2 Å². The van der Waals surface area contributed by atoms with E-state index in [1.54, 1.807) is 18.0 Å². The highest BCUT2D eigenvalue weighted by Gasteiger charge is 2.13. The average molecular weight is 307 g/mol. The first-order chi connectivity index (χ1) is 9.52. The summed E-state index contributed by atoms with van der Waals surface area (Å²) in [6, 6.07) is 7.41. The third kappa shape index (κ3) is 3.05. The Morgan fingerprint density at radius 2 is 2.10 bits per heavy atom. The Morgan fingerprint density at radius 3 is 2.75 bits per heavy atom. The highest BCUT2D eigenvalue weighted by Crippen LogP contribution is 2.30. The standard InChI is InChI=1S/C14H15ClN4S/c1-8(20-2)12(16)11-7-18-14(17)19-13(11)9-4-3-5-10(15)6-9/h3-7H,16H2,1-2H3,(H2,17,18,19)/b12-8+. The molecule has 0 aliphatic heterocycles. The van der Waals surface area contributed by atoms with E-state index in [4.69, 9.17) is 23.1 Å². The van der Waals surface area contributed by atoms with Crippen molar-refractivity contribution in [2.45, 2.75) is 6.92 Å². The van der Waals surface area contributed by atoms with Crippen LogP contribution in [0.5, 0.6) is 0 Å². The van der Waals surface area contributed by atoms with Crippen LogP contribution in [0.3, 0.4) is 0 Å². The van der Waals surface area contributed by atoms with E-state index < -0.39 is 0 Å². The Hall–Kier alpha value is -1.72. The van der Waals surface area contributed by atoms with Gasteiger partial charge in [0.1, 0.15) is 0 Å². The average Bonchev–Trinajstić information content (AvgIpc) is 2.45. The number of halogens is 1. The van der Waals surface area contributed by atoms with Crippen LogP contribution in [0.1, 0.15) is 12.5 Å². The Balaban J connectivity index is 2.66. The minimum absolute atomic E-state index is 0.207. The maximum Gasteiger partial charge on any atom is 0.220 e. The minimum atomic E-state index is 0.207. The molecule has 0 amide bonds. The van der Waals surface area contributed by atoms with Crippen LogP contribution in [0.15, 0.2) is 35.4 Å². The number of thioether (sulfide) groups is 1. The highest BCUT2D eigenvalue weighted by molar-refractivity contribution is 8.02. The van der Waals surface area contributed by atoms with Gasteiger partial charge in [-0.05, 0) is 25.3 Å². The first-order valence-corrected chi connectivity index (χ1v) is 7.52. The molecule has 104 valence electrons. The molecular weight excluding hydrogens is 292 g/mol. The number of nitrogens with zero attached hydrogens (tertiary/aromatic N) is 2. The molecule has 0 radical (unpaired) electrons. The van der Waals surface area contributed by atoms with E-state index in [1.165, 1.54) is 0 Å². The van der Waals surface area contributed by atoms with Crippen LogP contribution in [-0.2, 0) is 0 Å². The molecule has 4 N–H and O–H groups in total. The van der Waals surface area contributed by atoms with E-state index in [0.29, 0.717) is 16.4 Å². The quantitative estimate of drug-likeness (QED) is 0.909. The molecular formula is C14H15ClN4S. The molecule has 0 spiro atoms. The lowest BCUT2D eigenvalue weighted by Crippen LogP contribution is -2.06. The Kier molecular flexibility index (Phi) is 4.52. The van der Waals surface area contributed by atoms with Gasteiger partial charge >= 0.3 is 0 Å². The fourth-order valence-electron chi connectivity index (χ4n) is 1.75. The van der Waals surface area contributed by atoms with Gasteiger partial charge in [-0.15, -0.1) is 11.8 Å². The van der Waals surface area contributed by atoms with Crippen molar-refractivity contribution < 1.29 is 0 Å². The fourth-order valence-corrected chi connectivity index (χ4v) is 2.27. The van der Waals surface area contributed by atoms with E-state index >= 15 is 0 Å². The van der Waals surface area contributed by atoms with Gasteiger partial charge in [-0.1, -0.05) is 23.7 Å². The smallest absolute Gasteiger partial charge is 0.220 e. The fraction of sp³-hybridized carbons (Fsp3) is 0.143. The van der Waals surface area contributed by atoms with Crippen molar-refractivity contribution in [2.75, 3.05) is 12.0 Å². The molecule has 4 nitrogen and oxygen atoms in total. The second kappa shape index (κ2) is 6.15. The summed E-state index contributed by atoms with van der Waals surface area (Å²) in [7, 11) is 0. The van der Waals surface area contributed by atoms with Gasteiger partial charge in [-0.3, -0.25) is 0 Å². The zero-order chi connectivity index (χ0) is 14.7. The number of anilines is 1. The van der Waals surface area contributed by atoms with Gasteiger partial charge in [0.15, 0.2) is 0 Å². The Labute approximate surface area is 127 Å². The van der Waals surface area contributed by atoms with Gasteiger partial charge in [0, 0.05) is 27.3 Å². The molecule has 0 aliphatic carbocycles. The van der Waals surface area contributed by atoms with Crippen molar-refractivity contribution in [3.05, 3.63) is 46.0 Å². The summed E-state index contributed by atoms with van der Waals surface area (Å²) < 4.78 is 0. The number of hydrogen-bond donors (Lipinski definition) is 2. The Bertz CT molecular complexity index is 670. The molecule has 1 heterocycles. The SMILES string of the molecule is CS/C(C)=C(/N)c1cnc(N)nc1-c1cccc(Cl)c1. The number of nitrogens with two attached hydrogens (primary N) is 2. The van der Waals surface area contributed by atoms with Crippen LogP contribution < -0.4 is 11.5 Å². The van der Waals surface area contributed by atoms with Crippen molar-refractivity contribution >= 4 is 35.0 Å². The molecule has 0 aliphatic rings. The highest BCUT2D eigenvalue weighted by atomic mass is 35.5. The molecule has 1 aromatic heterocycles. The summed E-state index contributed by atoms with van der Waals surface area (Å²) in [5, 5.41) is 0.634. The third-order valence-electron chi connectivity index (χ3n) is 2.88. The molecule has 0 saturated carbocycles. The van der Waals surface area contributed by atoms with E-state index in [1.807, 2.05) is 37.4 Å². The summed E-state index contributed by atoms with van der Waals surface area (Å²) >= 11 is 7.61. The van der Waals surface area contributed by atoms with Gasteiger partial charge in [0.2, 0.25) is 5.95 Å². The van der Waals surface area contributed by atoms with Crippen LogP contribution in [0.2, 0.25) is 5.02 Å². The van der Waals surface area contributed by atoms with Crippen LogP contribution in [0.25, 0.3) is 17.0 Å². The van der Waals surface area contributed by atoms with Crippen molar-refractivity contribution in [1.29, 1.82) is 0 Å². The molecule has 0 fully saturated rings. The second-order valence-corrected chi connectivity index (χ2v) is 5.63. The monoisotopic (exact) mass is 306 g/mol. The van der Waals surface area contributed by atoms with Crippen molar-refractivity contribution in [3.8, 4) is 11.3 Å². The number of aromatic nitrogens is 2. The first kappa shape index (κ1) is 14.7. The van der Waals surface area contributed by atoms with E-state index in [0.717, 1.165) is 16.0 Å². The lowest BCUT2D eigenvalue weighted by Gasteiger charge is -2.11. The molecule has 0 unspecified atom stereocenters. The van der Waals surface area contributed by atoms with Crippen LogP contribution in [0, 0.1) is 0 Å². The van der Waals surface area contributed by atoms with Crippen molar-refractivity contribution in [3.63, 3.8) is 0 Å². The van der Waals surface area contributed by atoms with E-state index in [-0.39, 0.29) is 5.95 Å². The molecule has 2 aromatic rings. The second-order valence-electron chi connectivity index (χ2n) is 4.17. The van der Waals surface area contributed by atoms with Gasteiger partial charge < -0.3 is 11.5 Å². The third-order valence-corrected chi connectivity index (χ3v) is 3.95. The predicted octanol–water partition coefficient (Wildman–Crippen LogP) is 3.39. The molecule has 1 aromatic carbocycles. The maximum absolute atomic E-state index is 6.18. The minimum Gasteiger partial charge on any atom is -0.397 e. The van der Waals surface area contributed by atoms with Crippen LogP contribution in [0.4, 0.5) is 5.95 Å². The number of rotatable bonds is 3. The van der Waals surface area contributed by atoms with E-state index in [9.17, 15) is 0 Å². The van der Waals surface area contributed by atoms with Crippen molar-refractivity contribution in [1.82, 2.24) is 9.97 Å². The van der Waals surface area contributed by atoms with E-state index in [2.05, 4.69) is 9.97 Å². The lowest BCUT2D eigenvalue weighted by atomic mass is 10.1. The Morgan fingerprint density at radius 1 is 1.35 bits per heavy atom. The summed E-state index contributed by atoms with van der Waals surface area (Å²) in [5.41, 5.74) is 14.8. The topological polar surface area (TPSA) is 77.8 Å². The summed E-state index contributed by atoms with van der Waals surface area (Å²) in [6.45, 7) is 1.96. The molecule has 20 heavy (non-hydrogen) atoms. The summed E-state index contributed by atoms with van der Waals surface area (Å²) in [6.07, 6.45) is 3.62. The number of allylic oxidation sites excluding steroid dienone is 1. The number of hydrogen-bond acceptors (Lipinski definition) is 5. The van der Waals surface area contributed by atoms with Gasteiger partial charge in [-0.25, -0.2) is 9.97 Å². The van der Waals surface area contributed by atoms with Gasteiger partial charge in [-0.2, -0.15) is 0 Å². The maximum atomic E-state index is 6.18. The largest absolute Gasteiger partial charge is 0.397 e. The predicted molar refractivity (Wildman–Crippen MR) is 87.2 cm³/mol. The molecule has 6 heteroatoms. The first-order valence-electron chi connectivity index (χ1n) is 5.92. The zero-order valence-electron chi connectivity index (χ0n) is 11.2. The van der Waals surface area contributed by atoms with Gasteiger partial charge in [0.25, 0.3) is 0 Å². The van der Waals surface area contributed by atoms with Crippen LogP contribution >= 0.6 is 23.4 Å². The van der Waals surface area contributed by atoms with Gasteiger partial charge in [0.05, 0.1) is 11.4 Å². The lowest BCUT2D eigenvalue weighted by molar-refractivity contribution is 1.17.